The summed E-state index contributed by atoms with van der Waals surface area (Å²) in [4.78, 5) is 19.7. The monoisotopic (exact) mass is 481 g/mol. The van der Waals surface area contributed by atoms with Gasteiger partial charge in [-0.1, -0.05) is 18.2 Å². The zero-order valence-electron chi connectivity index (χ0n) is 16.9. The van der Waals surface area contributed by atoms with Crippen molar-refractivity contribution in [3.05, 3.63) is 97.9 Å². The zero-order valence-corrected chi connectivity index (χ0v) is 18.4. The number of pyridine rings is 2. The van der Waals surface area contributed by atoms with Crippen molar-refractivity contribution in [3.8, 4) is 0 Å². The van der Waals surface area contributed by atoms with Gasteiger partial charge in [0, 0.05) is 42.9 Å². The number of morpholine rings is 1. The fraction of sp³-hybridized carbons (Fsp3) is 0.250. The molecule has 0 saturated carbocycles. The van der Waals surface area contributed by atoms with Gasteiger partial charge in [-0.25, -0.2) is 4.39 Å². The van der Waals surface area contributed by atoms with E-state index in [2.05, 4.69) is 38.0 Å². The first-order valence-electron chi connectivity index (χ1n) is 10.3. The maximum atomic E-state index is 14.3. The Morgan fingerprint density at radius 2 is 2.00 bits per heavy atom. The molecular weight excluding hydrogens is 461 g/mol. The SMILES string of the molecule is O=c1cc(C2=CCc3ncc(N4CCOCC4)cc32)ccn1Cc1cccc(Br)c1F. The number of allylic oxidation sites excluding steroid dienone is 1. The van der Waals surface area contributed by atoms with Crippen LogP contribution in [0.2, 0.25) is 0 Å². The molecule has 5 rings (SSSR count). The van der Waals surface area contributed by atoms with Crippen molar-refractivity contribution in [3.63, 3.8) is 0 Å². The highest BCUT2D eigenvalue weighted by molar-refractivity contribution is 9.10. The number of benzene rings is 1. The van der Waals surface area contributed by atoms with Gasteiger partial charge in [-0.2, -0.15) is 0 Å². The summed E-state index contributed by atoms with van der Waals surface area (Å²) < 4.78 is 21.7. The molecule has 3 heterocycles. The Kier molecular flexibility index (Phi) is 5.46. The fourth-order valence-corrected chi connectivity index (χ4v) is 4.52. The Labute approximate surface area is 187 Å². The van der Waals surface area contributed by atoms with Crippen LogP contribution in [0.4, 0.5) is 10.1 Å². The normalized spacial score (nSPS) is 15.7. The van der Waals surface area contributed by atoms with Crippen molar-refractivity contribution < 1.29 is 9.13 Å². The van der Waals surface area contributed by atoms with Crippen LogP contribution in [0.3, 0.4) is 0 Å². The third-order valence-electron chi connectivity index (χ3n) is 5.80. The summed E-state index contributed by atoms with van der Waals surface area (Å²) in [6.45, 7) is 3.32. The minimum Gasteiger partial charge on any atom is -0.378 e. The van der Waals surface area contributed by atoms with Gasteiger partial charge < -0.3 is 14.2 Å². The van der Waals surface area contributed by atoms with Crippen molar-refractivity contribution >= 4 is 27.2 Å². The lowest BCUT2D eigenvalue weighted by Crippen LogP contribution is -2.36. The molecule has 1 saturated heterocycles. The molecule has 2 aliphatic rings. The van der Waals surface area contributed by atoms with Crippen molar-refractivity contribution in [2.24, 2.45) is 0 Å². The van der Waals surface area contributed by atoms with Crippen LogP contribution in [0.25, 0.3) is 5.57 Å². The van der Waals surface area contributed by atoms with E-state index in [4.69, 9.17) is 4.74 Å². The summed E-state index contributed by atoms with van der Waals surface area (Å²) in [5.74, 6) is -0.340. The van der Waals surface area contributed by atoms with Crippen molar-refractivity contribution in [2.45, 2.75) is 13.0 Å². The second kappa shape index (κ2) is 8.40. The number of rotatable bonds is 4. The summed E-state index contributed by atoms with van der Waals surface area (Å²) in [6, 6.07) is 10.8. The van der Waals surface area contributed by atoms with Gasteiger partial charge in [-0.05, 0) is 45.3 Å². The Morgan fingerprint density at radius 3 is 2.81 bits per heavy atom. The number of aromatic nitrogens is 2. The van der Waals surface area contributed by atoms with Crippen LogP contribution in [0, 0.1) is 5.82 Å². The Morgan fingerprint density at radius 1 is 1.16 bits per heavy atom. The first-order chi connectivity index (χ1) is 15.1. The highest BCUT2D eigenvalue weighted by atomic mass is 79.9. The predicted octanol–water partition coefficient (Wildman–Crippen LogP) is 4.02. The molecule has 1 aliphatic carbocycles. The standard InChI is InChI=1S/C24H21BrFN3O2/c25-21-3-1-2-17(24(21)26)15-29-7-6-16(12-23(29)30)19-4-5-22-20(19)13-18(14-27-22)28-8-10-31-11-9-28/h1-4,6-7,12-14H,5,8-11,15H2. The van der Waals surface area contributed by atoms with Gasteiger partial charge in [0.25, 0.3) is 5.56 Å². The largest absolute Gasteiger partial charge is 0.378 e. The van der Waals surface area contributed by atoms with Crippen molar-refractivity contribution in [1.82, 2.24) is 9.55 Å². The van der Waals surface area contributed by atoms with E-state index in [0.29, 0.717) is 10.0 Å². The van der Waals surface area contributed by atoms with Crippen LogP contribution in [0.5, 0.6) is 0 Å². The van der Waals surface area contributed by atoms with Crippen LogP contribution in [-0.2, 0) is 17.7 Å². The lowest BCUT2D eigenvalue weighted by Gasteiger charge is -2.29. The van der Waals surface area contributed by atoms with E-state index >= 15 is 0 Å². The van der Waals surface area contributed by atoms with E-state index < -0.39 is 0 Å². The van der Waals surface area contributed by atoms with Crippen LogP contribution >= 0.6 is 15.9 Å². The van der Waals surface area contributed by atoms with Gasteiger partial charge in [0.2, 0.25) is 0 Å². The van der Waals surface area contributed by atoms with Crippen LogP contribution in [0.15, 0.2) is 64.1 Å². The quantitative estimate of drug-likeness (QED) is 0.564. The molecule has 0 amide bonds. The van der Waals surface area contributed by atoms with Gasteiger partial charge in [0.05, 0.1) is 41.8 Å². The summed E-state index contributed by atoms with van der Waals surface area (Å²) in [5, 5.41) is 0. The third kappa shape index (κ3) is 3.95. The Bertz CT molecular complexity index is 1230. The summed E-state index contributed by atoms with van der Waals surface area (Å²) in [6.07, 6.45) is 6.52. The molecule has 0 radical (unpaired) electrons. The molecule has 1 fully saturated rings. The minimum atomic E-state index is -0.340. The lowest BCUT2D eigenvalue weighted by atomic mass is 10.0. The number of fused-ring (bicyclic) bond motifs is 1. The lowest BCUT2D eigenvalue weighted by molar-refractivity contribution is 0.122. The van der Waals surface area contributed by atoms with Crippen LogP contribution in [0.1, 0.15) is 22.4 Å². The molecular formula is C24H21BrFN3O2. The minimum absolute atomic E-state index is 0.163. The van der Waals surface area contributed by atoms with E-state index in [9.17, 15) is 9.18 Å². The fourth-order valence-electron chi connectivity index (χ4n) is 4.11. The molecule has 1 aliphatic heterocycles. The predicted molar refractivity (Wildman–Crippen MR) is 122 cm³/mol. The van der Waals surface area contributed by atoms with Gasteiger partial charge in [0.1, 0.15) is 5.82 Å². The van der Waals surface area contributed by atoms with Crippen molar-refractivity contribution in [2.75, 3.05) is 31.2 Å². The zero-order chi connectivity index (χ0) is 21.4. The molecule has 0 unspecified atom stereocenters. The van der Waals surface area contributed by atoms with Gasteiger partial charge in [-0.15, -0.1) is 0 Å². The molecule has 3 aromatic rings. The summed E-state index contributed by atoms with van der Waals surface area (Å²) in [5.41, 5.74) is 5.35. The van der Waals surface area contributed by atoms with E-state index in [1.807, 2.05) is 12.3 Å². The maximum Gasteiger partial charge on any atom is 0.251 e. The topological polar surface area (TPSA) is 47.4 Å². The first kappa shape index (κ1) is 20.2. The molecule has 0 spiro atoms. The summed E-state index contributed by atoms with van der Waals surface area (Å²) in [7, 11) is 0. The Hall–Kier alpha value is -2.77. The average Bonchev–Trinajstić information content (AvgIpc) is 3.22. The molecule has 0 bridgehead atoms. The summed E-state index contributed by atoms with van der Waals surface area (Å²) >= 11 is 3.20. The maximum absolute atomic E-state index is 14.3. The molecule has 2 aromatic heterocycles. The number of nitrogens with zero attached hydrogens (tertiary/aromatic N) is 3. The molecule has 0 atom stereocenters. The van der Waals surface area contributed by atoms with Crippen LogP contribution in [-0.4, -0.2) is 35.9 Å². The first-order valence-corrected chi connectivity index (χ1v) is 11.1. The Balaban J connectivity index is 1.43. The molecule has 5 nitrogen and oxygen atoms in total. The van der Waals surface area contributed by atoms with Crippen LogP contribution < -0.4 is 10.5 Å². The smallest absolute Gasteiger partial charge is 0.251 e. The van der Waals surface area contributed by atoms with Gasteiger partial charge in [0.15, 0.2) is 0 Å². The van der Waals surface area contributed by atoms with E-state index in [1.54, 1.807) is 30.5 Å². The van der Waals surface area contributed by atoms with E-state index in [0.717, 1.165) is 60.8 Å². The molecule has 7 heteroatoms. The number of hydrogen-bond acceptors (Lipinski definition) is 4. The second-order valence-corrected chi connectivity index (χ2v) is 8.56. The highest BCUT2D eigenvalue weighted by Crippen LogP contribution is 2.33. The molecule has 158 valence electrons. The second-order valence-electron chi connectivity index (χ2n) is 7.70. The average molecular weight is 482 g/mol. The number of halogens is 2. The number of ether oxygens (including phenoxy) is 1. The van der Waals surface area contributed by atoms with Gasteiger partial charge >= 0.3 is 0 Å². The van der Waals surface area contributed by atoms with E-state index in [1.165, 1.54) is 4.57 Å². The third-order valence-corrected chi connectivity index (χ3v) is 6.41. The highest BCUT2D eigenvalue weighted by Gasteiger charge is 2.20. The van der Waals surface area contributed by atoms with Gasteiger partial charge in [-0.3, -0.25) is 9.78 Å². The van der Waals surface area contributed by atoms with E-state index in [-0.39, 0.29) is 17.9 Å². The number of anilines is 1. The molecule has 1 aromatic carbocycles. The van der Waals surface area contributed by atoms with Crippen molar-refractivity contribution in [1.29, 1.82) is 0 Å². The number of hydrogen-bond donors (Lipinski definition) is 0. The molecule has 31 heavy (non-hydrogen) atoms. The molecule has 0 N–H and O–H groups in total.